The Morgan fingerprint density at radius 1 is 1.50 bits per heavy atom. The molecule has 0 aliphatic heterocycles. The Labute approximate surface area is 69.1 Å². The summed E-state index contributed by atoms with van der Waals surface area (Å²) in [5.41, 5.74) is 0. The molecule has 0 unspecified atom stereocenters. The van der Waals surface area contributed by atoms with Crippen molar-refractivity contribution in [3.63, 3.8) is 0 Å². The van der Waals surface area contributed by atoms with Gasteiger partial charge in [-0.05, 0) is 12.1 Å². The summed E-state index contributed by atoms with van der Waals surface area (Å²) in [5.74, 6) is 0. The molecule has 1 N–H and O–H groups in total. The maximum Gasteiger partial charge on any atom is 0.172 e. The molecule has 0 aliphatic carbocycles. The average Bonchev–Trinajstić information content (AvgIpc) is 2.13. The summed E-state index contributed by atoms with van der Waals surface area (Å²) in [7, 11) is 0. The molecule has 0 bridgehead atoms. The molecule has 0 amide bonds. The molecular weight excluding hydrogens is 164 g/mol. The monoisotopic (exact) mass is 174 g/mol. The van der Waals surface area contributed by atoms with Crippen LogP contribution in [-0.4, -0.2) is 10.4 Å². The van der Waals surface area contributed by atoms with E-state index in [4.69, 9.17) is 5.11 Å². The zero-order valence-electron chi connectivity index (χ0n) is 6.00. The smallest absolute Gasteiger partial charge is 0.172 e. The maximum absolute atomic E-state index is 8.97. The Kier molecular flexibility index (Phi) is 2.63. The summed E-state index contributed by atoms with van der Waals surface area (Å²) in [4.78, 5) is 0. The molecule has 1 aromatic heterocycles. The van der Waals surface area contributed by atoms with Gasteiger partial charge in [0.15, 0.2) is 5.06 Å². The van der Waals surface area contributed by atoms with Crippen LogP contribution in [0.3, 0.4) is 0 Å². The first-order valence-corrected chi connectivity index (χ1v) is 4.83. The normalized spacial score (nSPS) is 10.7. The standard InChI is InChI=1S/C7H10OS2/c1-5(2)9-7-4-3-6(8)10-7/h3-5,8H,1-2H3. The largest absolute Gasteiger partial charge is 0.499 e. The van der Waals surface area contributed by atoms with Crippen molar-refractivity contribution in [1.29, 1.82) is 0 Å². The van der Waals surface area contributed by atoms with Crippen LogP contribution in [0.25, 0.3) is 0 Å². The SMILES string of the molecule is CC(C)Sc1ccc(O)s1. The van der Waals surface area contributed by atoms with Crippen molar-refractivity contribution < 1.29 is 5.11 Å². The van der Waals surface area contributed by atoms with E-state index in [1.54, 1.807) is 17.8 Å². The molecule has 0 radical (unpaired) electrons. The van der Waals surface area contributed by atoms with E-state index in [2.05, 4.69) is 13.8 Å². The number of hydrogen-bond acceptors (Lipinski definition) is 3. The van der Waals surface area contributed by atoms with Gasteiger partial charge in [0, 0.05) is 5.25 Å². The highest BCUT2D eigenvalue weighted by atomic mass is 32.2. The van der Waals surface area contributed by atoms with E-state index in [-0.39, 0.29) is 0 Å². The lowest BCUT2D eigenvalue weighted by atomic mass is 10.6. The zero-order chi connectivity index (χ0) is 7.56. The molecule has 0 spiro atoms. The molecule has 0 saturated carbocycles. The Morgan fingerprint density at radius 2 is 2.20 bits per heavy atom. The van der Waals surface area contributed by atoms with Gasteiger partial charge >= 0.3 is 0 Å². The molecule has 1 heterocycles. The molecule has 0 aromatic carbocycles. The lowest BCUT2D eigenvalue weighted by Gasteiger charge is -1.98. The number of thioether (sulfide) groups is 1. The van der Waals surface area contributed by atoms with Crippen LogP contribution in [0.1, 0.15) is 13.8 Å². The van der Waals surface area contributed by atoms with Crippen LogP contribution in [0.5, 0.6) is 5.06 Å². The molecule has 1 aromatic rings. The molecular formula is C7H10OS2. The molecule has 10 heavy (non-hydrogen) atoms. The minimum absolute atomic E-state index is 0.406. The second-order valence-corrected chi connectivity index (χ2v) is 5.20. The fourth-order valence-corrected chi connectivity index (χ4v) is 2.72. The Hall–Kier alpha value is -0.150. The summed E-state index contributed by atoms with van der Waals surface area (Å²) in [5, 5.41) is 9.97. The minimum atomic E-state index is 0.406. The van der Waals surface area contributed by atoms with Crippen LogP contribution in [0.2, 0.25) is 0 Å². The molecule has 1 nitrogen and oxygen atoms in total. The van der Waals surface area contributed by atoms with E-state index < -0.39 is 0 Å². The third kappa shape index (κ3) is 2.23. The number of rotatable bonds is 2. The fraction of sp³-hybridized carbons (Fsp3) is 0.429. The molecule has 0 atom stereocenters. The van der Waals surface area contributed by atoms with Crippen molar-refractivity contribution in [3.8, 4) is 5.06 Å². The van der Waals surface area contributed by atoms with E-state index >= 15 is 0 Å². The first-order chi connectivity index (χ1) is 4.68. The highest BCUT2D eigenvalue weighted by Crippen LogP contribution is 2.33. The van der Waals surface area contributed by atoms with Gasteiger partial charge in [0.2, 0.25) is 0 Å². The molecule has 1 rings (SSSR count). The summed E-state index contributed by atoms with van der Waals surface area (Å²) >= 11 is 3.21. The maximum atomic E-state index is 8.97. The first-order valence-electron chi connectivity index (χ1n) is 3.14. The van der Waals surface area contributed by atoms with E-state index in [1.165, 1.54) is 15.5 Å². The van der Waals surface area contributed by atoms with Gasteiger partial charge in [-0.25, -0.2) is 0 Å². The second-order valence-electron chi connectivity index (χ2n) is 2.26. The van der Waals surface area contributed by atoms with Crippen LogP contribution < -0.4 is 0 Å². The lowest BCUT2D eigenvalue weighted by molar-refractivity contribution is 0.491. The van der Waals surface area contributed by atoms with Gasteiger partial charge in [-0.15, -0.1) is 11.8 Å². The van der Waals surface area contributed by atoms with Crippen molar-refractivity contribution in [3.05, 3.63) is 12.1 Å². The zero-order valence-corrected chi connectivity index (χ0v) is 7.63. The summed E-state index contributed by atoms with van der Waals surface area (Å²) in [6.07, 6.45) is 0. The first kappa shape index (κ1) is 7.95. The Balaban J connectivity index is 2.58. The third-order valence-corrected chi connectivity index (χ3v) is 2.98. The van der Waals surface area contributed by atoms with Gasteiger partial charge in [0.05, 0.1) is 4.21 Å². The summed E-state index contributed by atoms with van der Waals surface area (Å²) in [6.45, 7) is 4.28. The minimum Gasteiger partial charge on any atom is -0.499 e. The van der Waals surface area contributed by atoms with Crippen molar-refractivity contribution in [1.82, 2.24) is 0 Å². The van der Waals surface area contributed by atoms with E-state index in [0.29, 0.717) is 10.3 Å². The predicted octanol–water partition coefficient (Wildman–Crippen LogP) is 2.95. The summed E-state index contributed by atoms with van der Waals surface area (Å²) in [6, 6.07) is 3.68. The molecule has 56 valence electrons. The van der Waals surface area contributed by atoms with Crippen LogP contribution in [0.15, 0.2) is 16.3 Å². The molecule has 0 fully saturated rings. The van der Waals surface area contributed by atoms with E-state index in [9.17, 15) is 0 Å². The van der Waals surface area contributed by atoms with Crippen LogP contribution >= 0.6 is 23.1 Å². The van der Waals surface area contributed by atoms with Crippen molar-refractivity contribution in [2.75, 3.05) is 0 Å². The average molecular weight is 174 g/mol. The molecule has 3 heteroatoms. The molecule has 0 aliphatic rings. The lowest BCUT2D eigenvalue weighted by Crippen LogP contribution is -1.81. The number of aromatic hydroxyl groups is 1. The third-order valence-electron chi connectivity index (χ3n) is 0.919. The highest BCUT2D eigenvalue weighted by Gasteiger charge is 2.00. The fourth-order valence-electron chi connectivity index (χ4n) is 0.606. The van der Waals surface area contributed by atoms with E-state index in [0.717, 1.165) is 0 Å². The number of thiophene rings is 1. The summed E-state index contributed by atoms with van der Waals surface area (Å²) < 4.78 is 1.19. The van der Waals surface area contributed by atoms with Crippen LogP contribution in [-0.2, 0) is 0 Å². The predicted molar refractivity (Wildman–Crippen MR) is 47.0 cm³/mol. The van der Waals surface area contributed by atoms with Gasteiger partial charge in [0.25, 0.3) is 0 Å². The number of hydrogen-bond donors (Lipinski definition) is 1. The van der Waals surface area contributed by atoms with Crippen molar-refractivity contribution in [2.24, 2.45) is 0 Å². The van der Waals surface area contributed by atoms with Crippen LogP contribution in [0.4, 0.5) is 0 Å². The molecule has 0 saturated heterocycles. The van der Waals surface area contributed by atoms with Crippen molar-refractivity contribution in [2.45, 2.75) is 23.3 Å². The Morgan fingerprint density at radius 3 is 2.60 bits per heavy atom. The van der Waals surface area contributed by atoms with E-state index in [1.807, 2.05) is 6.07 Å². The second kappa shape index (κ2) is 3.30. The van der Waals surface area contributed by atoms with Crippen LogP contribution in [0, 0.1) is 0 Å². The Bertz CT molecular complexity index is 205. The topological polar surface area (TPSA) is 20.2 Å². The van der Waals surface area contributed by atoms with Gasteiger partial charge in [0.1, 0.15) is 0 Å². The van der Waals surface area contributed by atoms with Gasteiger partial charge in [-0.2, -0.15) is 0 Å². The van der Waals surface area contributed by atoms with Crippen molar-refractivity contribution >= 4 is 23.1 Å². The highest BCUT2D eigenvalue weighted by molar-refractivity contribution is 8.01. The van der Waals surface area contributed by atoms with Gasteiger partial charge in [-0.1, -0.05) is 25.2 Å². The van der Waals surface area contributed by atoms with Gasteiger partial charge in [-0.3, -0.25) is 0 Å². The van der Waals surface area contributed by atoms with Gasteiger partial charge < -0.3 is 5.11 Å². The quantitative estimate of drug-likeness (QED) is 0.696.